The van der Waals surface area contributed by atoms with Gasteiger partial charge in [-0.15, -0.1) is 0 Å². The van der Waals surface area contributed by atoms with Crippen molar-refractivity contribution in [2.45, 2.75) is 6.61 Å². The van der Waals surface area contributed by atoms with E-state index in [0.717, 1.165) is 17.1 Å². The average molecular weight is 268 g/mol. The third kappa shape index (κ3) is 5.63. The minimum Gasteiger partial charge on any atom is -0.497 e. The molecule has 0 radical (unpaired) electrons. The van der Waals surface area contributed by atoms with Crippen molar-refractivity contribution in [1.82, 2.24) is 0 Å². The van der Waals surface area contributed by atoms with Crippen LogP contribution in [0.25, 0.3) is 0 Å². The first-order valence-corrected chi connectivity index (χ1v) is 5.78. The molecular formula is C14H20O5. The highest BCUT2D eigenvalue weighted by Crippen LogP contribution is 2.22. The molecule has 0 saturated heterocycles. The fraction of sp³-hybridized carbons (Fsp3) is 0.429. The van der Waals surface area contributed by atoms with E-state index in [4.69, 9.17) is 23.7 Å². The maximum atomic E-state index is 5.49. The minimum absolute atomic E-state index is 0.176. The fourth-order valence-corrected chi connectivity index (χ4v) is 1.42. The zero-order valence-electron chi connectivity index (χ0n) is 11.6. The Balaban J connectivity index is 2.46. The molecule has 0 spiro atoms. The molecule has 5 heteroatoms. The van der Waals surface area contributed by atoms with E-state index in [1.54, 1.807) is 21.3 Å². The van der Waals surface area contributed by atoms with E-state index in [2.05, 4.69) is 6.58 Å². The van der Waals surface area contributed by atoms with E-state index >= 15 is 0 Å². The minimum atomic E-state index is 0.176. The lowest BCUT2D eigenvalue weighted by Crippen LogP contribution is -2.03. The third-order valence-electron chi connectivity index (χ3n) is 2.32. The Kier molecular flexibility index (Phi) is 6.78. The molecule has 0 bridgehead atoms. The maximum absolute atomic E-state index is 5.49. The second-order valence-electron chi connectivity index (χ2n) is 3.80. The van der Waals surface area contributed by atoms with Crippen LogP contribution in [0.3, 0.4) is 0 Å². The molecule has 0 aliphatic carbocycles. The van der Waals surface area contributed by atoms with Crippen molar-refractivity contribution >= 4 is 0 Å². The Labute approximate surface area is 113 Å². The molecule has 19 heavy (non-hydrogen) atoms. The van der Waals surface area contributed by atoms with Gasteiger partial charge in [0, 0.05) is 13.2 Å². The zero-order valence-corrected chi connectivity index (χ0v) is 11.6. The molecule has 0 aliphatic rings. The van der Waals surface area contributed by atoms with Gasteiger partial charge in [-0.1, -0.05) is 6.58 Å². The number of rotatable bonds is 9. The molecule has 1 aromatic rings. The number of hydrogen-bond donors (Lipinski definition) is 0. The Morgan fingerprint density at radius 3 is 2.21 bits per heavy atom. The summed E-state index contributed by atoms with van der Waals surface area (Å²) in [5.74, 6) is 1.98. The lowest BCUT2D eigenvalue weighted by atomic mass is 10.2. The van der Waals surface area contributed by atoms with Crippen molar-refractivity contribution in [3.63, 3.8) is 0 Å². The molecule has 0 aliphatic heterocycles. The van der Waals surface area contributed by atoms with Crippen molar-refractivity contribution in [3.05, 3.63) is 36.1 Å². The second kappa shape index (κ2) is 8.39. The lowest BCUT2D eigenvalue weighted by molar-refractivity contribution is -0.0136. The van der Waals surface area contributed by atoms with E-state index in [-0.39, 0.29) is 6.79 Å². The van der Waals surface area contributed by atoms with Crippen LogP contribution in [0.15, 0.2) is 30.5 Å². The van der Waals surface area contributed by atoms with Crippen LogP contribution in [0.4, 0.5) is 0 Å². The summed E-state index contributed by atoms with van der Waals surface area (Å²) in [6.45, 7) is 4.62. The van der Waals surface area contributed by atoms with Crippen LogP contribution >= 0.6 is 0 Å². The summed E-state index contributed by atoms with van der Waals surface area (Å²) in [5, 5.41) is 0. The first kappa shape index (κ1) is 15.3. The molecule has 0 aromatic heterocycles. The van der Waals surface area contributed by atoms with Crippen molar-refractivity contribution in [2.24, 2.45) is 0 Å². The van der Waals surface area contributed by atoms with Crippen LogP contribution in [-0.2, 0) is 20.8 Å². The molecule has 0 N–H and O–H groups in total. The highest BCUT2D eigenvalue weighted by Gasteiger charge is 2.03. The van der Waals surface area contributed by atoms with Gasteiger partial charge in [0.15, 0.2) is 6.79 Å². The van der Waals surface area contributed by atoms with E-state index in [1.165, 1.54) is 0 Å². The SMILES string of the molecule is C=C(COCc1cc(OC)cc(OC)c1)OCOC. The average Bonchev–Trinajstić information content (AvgIpc) is 2.44. The molecular weight excluding hydrogens is 248 g/mol. The zero-order chi connectivity index (χ0) is 14.1. The molecule has 1 rings (SSSR count). The molecule has 0 unspecified atom stereocenters. The van der Waals surface area contributed by atoms with Crippen molar-refractivity contribution < 1.29 is 23.7 Å². The van der Waals surface area contributed by atoms with E-state index in [0.29, 0.717) is 19.0 Å². The summed E-state index contributed by atoms with van der Waals surface area (Å²) in [6.07, 6.45) is 0. The van der Waals surface area contributed by atoms with Gasteiger partial charge in [-0.25, -0.2) is 0 Å². The van der Waals surface area contributed by atoms with Crippen molar-refractivity contribution in [3.8, 4) is 11.5 Å². The first-order chi connectivity index (χ1) is 9.19. The molecule has 0 atom stereocenters. The van der Waals surface area contributed by atoms with Crippen LogP contribution < -0.4 is 9.47 Å². The normalized spacial score (nSPS) is 10.1. The predicted octanol–water partition coefficient (Wildman–Crippen LogP) is 2.35. The summed E-state index contributed by atoms with van der Waals surface area (Å²) in [6, 6.07) is 5.59. The van der Waals surface area contributed by atoms with Gasteiger partial charge in [0.2, 0.25) is 0 Å². The second-order valence-corrected chi connectivity index (χ2v) is 3.80. The first-order valence-electron chi connectivity index (χ1n) is 5.78. The Morgan fingerprint density at radius 1 is 1.05 bits per heavy atom. The molecule has 5 nitrogen and oxygen atoms in total. The van der Waals surface area contributed by atoms with Crippen molar-refractivity contribution in [1.29, 1.82) is 0 Å². The molecule has 0 saturated carbocycles. The monoisotopic (exact) mass is 268 g/mol. The van der Waals surface area contributed by atoms with Gasteiger partial charge in [0.25, 0.3) is 0 Å². The van der Waals surface area contributed by atoms with Gasteiger partial charge in [0.1, 0.15) is 23.9 Å². The summed E-state index contributed by atoms with van der Waals surface area (Å²) in [7, 11) is 4.77. The Hall–Kier alpha value is -1.72. The summed E-state index contributed by atoms with van der Waals surface area (Å²) in [4.78, 5) is 0. The van der Waals surface area contributed by atoms with Gasteiger partial charge >= 0.3 is 0 Å². The summed E-state index contributed by atoms with van der Waals surface area (Å²) < 4.78 is 25.7. The molecule has 1 aromatic carbocycles. The number of methoxy groups -OCH3 is 3. The molecule has 0 fully saturated rings. The van der Waals surface area contributed by atoms with Gasteiger partial charge in [-0.3, -0.25) is 0 Å². The van der Waals surface area contributed by atoms with Gasteiger partial charge < -0.3 is 23.7 Å². The standard InChI is InChI=1S/C14H20O5/c1-11(19-10-15-2)8-18-9-12-5-13(16-3)7-14(6-12)17-4/h5-7H,1,8-10H2,2-4H3. The van der Waals surface area contributed by atoms with Crippen LogP contribution in [0, 0.1) is 0 Å². The molecule has 0 amide bonds. The molecule has 0 heterocycles. The van der Waals surface area contributed by atoms with Crippen molar-refractivity contribution in [2.75, 3.05) is 34.7 Å². The third-order valence-corrected chi connectivity index (χ3v) is 2.32. The number of benzene rings is 1. The largest absolute Gasteiger partial charge is 0.497 e. The van der Waals surface area contributed by atoms with E-state index in [1.807, 2.05) is 18.2 Å². The summed E-state index contributed by atoms with van der Waals surface area (Å²) in [5.41, 5.74) is 0.954. The topological polar surface area (TPSA) is 46.2 Å². The lowest BCUT2D eigenvalue weighted by Gasteiger charge is -2.10. The maximum Gasteiger partial charge on any atom is 0.188 e. The number of ether oxygens (including phenoxy) is 5. The highest BCUT2D eigenvalue weighted by molar-refractivity contribution is 5.38. The van der Waals surface area contributed by atoms with Crippen LogP contribution in [-0.4, -0.2) is 34.7 Å². The smallest absolute Gasteiger partial charge is 0.188 e. The van der Waals surface area contributed by atoms with E-state index < -0.39 is 0 Å². The van der Waals surface area contributed by atoms with Crippen LogP contribution in [0.1, 0.15) is 5.56 Å². The van der Waals surface area contributed by atoms with Crippen LogP contribution in [0.5, 0.6) is 11.5 Å². The Bertz CT molecular complexity index is 381. The van der Waals surface area contributed by atoms with Gasteiger partial charge in [-0.2, -0.15) is 0 Å². The summed E-state index contributed by atoms with van der Waals surface area (Å²) >= 11 is 0. The fourth-order valence-electron chi connectivity index (χ4n) is 1.42. The highest BCUT2D eigenvalue weighted by atomic mass is 16.7. The number of hydrogen-bond acceptors (Lipinski definition) is 5. The van der Waals surface area contributed by atoms with Gasteiger partial charge in [0.05, 0.1) is 20.8 Å². The van der Waals surface area contributed by atoms with Gasteiger partial charge in [-0.05, 0) is 17.7 Å². The Morgan fingerprint density at radius 2 is 1.68 bits per heavy atom. The quantitative estimate of drug-likeness (QED) is 0.508. The molecule has 106 valence electrons. The predicted molar refractivity (Wildman–Crippen MR) is 71.3 cm³/mol. The van der Waals surface area contributed by atoms with E-state index in [9.17, 15) is 0 Å². The van der Waals surface area contributed by atoms with Crippen LogP contribution in [0.2, 0.25) is 0 Å².